The van der Waals surface area contributed by atoms with Crippen molar-refractivity contribution in [2.24, 2.45) is 0 Å². The highest BCUT2D eigenvalue weighted by Gasteiger charge is 2.14. The van der Waals surface area contributed by atoms with E-state index in [1.54, 1.807) is 55.2 Å². The lowest BCUT2D eigenvalue weighted by Crippen LogP contribution is -2.14. The van der Waals surface area contributed by atoms with Crippen LogP contribution in [0, 0.1) is 6.92 Å². The van der Waals surface area contributed by atoms with Gasteiger partial charge in [-0.05, 0) is 68.4 Å². The second kappa shape index (κ2) is 10.9. The lowest BCUT2D eigenvalue weighted by molar-refractivity contribution is -0.113. The minimum absolute atomic E-state index is 0.165. The zero-order valence-electron chi connectivity index (χ0n) is 19.5. The van der Waals surface area contributed by atoms with Gasteiger partial charge in [0.15, 0.2) is 10.9 Å². The van der Waals surface area contributed by atoms with E-state index in [4.69, 9.17) is 9.47 Å². The number of ether oxygens (including phenoxy) is 2. The molecule has 11 heteroatoms. The highest BCUT2D eigenvalue weighted by Crippen LogP contribution is 2.24. The van der Waals surface area contributed by atoms with Gasteiger partial charge < -0.3 is 14.8 Å². The molecule has 0 fully saturated rings. The van der Waals surface area contributed by atoms with Gasteiger partial charge in [-0.3, -0.25) is 9.36 Å². The smallest absolute Gasteiger partial charge is 0.358 e. The maximum Gasteiger partial charge on any atom is 0.358 e. The third-order valence-electron chi connectivity index (χ3n) is 4.95. The summed E-state index contributed by atoms with van der Waals surface area (Å²) in [4.78, 5) is 24.3. The highest BCUT2D eigenvalue weighted by atomic mass is 32.2. The van der Waals surface area contributed by atoms with Crippen molar-refractivity contribution in [3.8, 4) is 17.1 Å². The SMILES string of the molecule is CCOC(=O)c1ccn(-c2ccc(NC(=O)CSc3nnc(C)n3-c3ccc(OC)cc3)cc2)n1. The molecule has 35 heavy (non-hydrogen) atoms. The number of rotatable bonds is 9. The van der Waals surface area contributed by atoms with Crippen LogP contribution in [0.2, 0.25) is 0 Å². The summed E-state index contributed by atoms with van der Waals surface area (Å²) in [5.41, 5.74) is 2.51. The summed E-state index contributed by atoms with van der Waals surface area (Å²) < 4.78 is 13.6. The molecule has 4 rings (SSSR count). The predicted molar refractivity (Wildman–Crippen MR) is 132 cm³/mol. The molecule has 2 aromatic heterocycles. The molecular formula is C24H24N6O4S. The van der Waals surface area contributed by atoms with E-state index in [0.29, 0.717) is 10.8 Å². The minimum Gasteiger partial charge on any atom is -0.497 e. The third kappa shape index (κ3) is 5.69. The first-order valence-corrected chi connectivity index (χ1v) is 11.8. The van der Waals surface area contributed by atoms with E-state index in [1.807, 2.05) is 35.8 Å². The highest BCUT2D eigenvalue weighted by molar-refractivity contribution is 7.99. The number of nitrogens with one attached hydrogen (secondary N) is 1. The van der Waals surface area contributed by atoms with Crippen molar-refractivity contribution < 1.29 is 19.1 Å². The Bertz CT molecular complexity index is 1310. The first-order valence-electron chi connectivity index (χ1n) is 10.8. The van der Waals surface area contributed by atoms with E-state index in [-0.39, 0.29) is 24.0 Å². The Kier molecular flexibility index (Phi) is 7.46. The number of nitrogens with zero attached hydrogens (tertiary/aromatic N) is 5. The second-order valence-electron chi connectivity index (χ2n) is 7.31. The maximum atomic E-state index is 12.5. The molecule has 10 nitrogen and oxygen atoms in total. The van der Waals surface area contributed by atoms with E-state index >= 15 is 0 Å². The van der Waals surface area contributed by atoms with Crippen LogP contribution >= 0.6 is 11.8 Å². The molecule has 4 aromatic rings. The number of anilines is 1. The van der Waals surface area contributed by atoms with E-state index in [1.165, 1.54) is 11.8 Å². The summed E-state index contributed by atoms with van der Waals surface area (Å²) in [5.74, 6) is 1.00. The zero-order valence-corrected chi connectivity index (χ0v) is 20.3. The number of hydrogen-bond donors (Lipinski definition) is 1. The average Bonchev–Trinajstić information content (AvgIpc) is 3.51. The number of amides is 1. The Morgan fingerprint density at radius 2 is 1.71 bits per heavy atom. The summed E-state index contributed by atoms with van der Waals surface area (Å²) in [6, 6.07) is 16.3. The lowest BCUT2D eigenvalue weighted by atomic mass is 10.3. The summed E-state index contributed by atoms with van der Waals surface area (Å²) >= 11 is 1.30. The van der Waals surface area contributed by atoms with Crippen LogP contribution in [0.5, 0.6) is 5.75 Å². The molecule has 0 aliphatic carbocycles. The van der Waals surface area contributed by atoms with Crippen LogP contribution in [0.1, 0.15) is 23.2 Å². The van der Waals surface area contributed by atoms with Crippen LogP contribution in [0.15, 0.2) is 66.0 Å². The second-order valence-corrected chi connectivity index (χ2v) is 8.26. The van der Waals surface area contributed by atoms with Crippen molar-refractivity contribution in [2.75, 3.05) is 24.8 Å². The fourth-order valence-corrected chi connectivity index (χ4v) is 4.07. The Balaban J connectivity index is 1.36. The van der Waals surface area contributed by atoms with Gasteiger partial charge in [-0.2, -0.15) is 5.10 Å². The first-order chi connectivity index (χ1) is 17.0. The van der Waals surface area contributed by atoms with Crippen molar-refractivity contribution in [1.82, 2.24) is 24.5 Å². The number of methoxy groups -OCH3 is 1. The summed E-state index contributed by atoms with van der Waals surface area (Å²) in [5, 5.41) is 16.1. The molecular weight excluding hydrogens is 468 g/mol. The van der Waals surface area contributed by atoms with Crippen molar-refractivity contribution in [1.29, 1.82) is 0 Å². The summed E-state index contributed by atoms with van der Waals surface area (Å²) in [6.45, 7) is 3.89. The van der Waals surface area contributed by atoms with Gasteiger partial charge in [-0.1, -0.05) is 11.8 Å². The normalized spacial score (nSPS) is 10.7. The third-order valence-corrected chi connectivity index (χ3v) is 5.88. The number of aromatic nitrogens is 5. The summed E-state index contributed by atoms with van der Waals surface area (Å²) in [7, 11) is 1.62. The van der Waals surface area contributed by atoms with Crippen molar-refractivity contribution in [3.63, 3.8) is 0 Å². The van der Waals surface area contributed by atoms with Crippen LogP contribution in [0.25, 0.3) is 11.4 Å². The van der Waals surface area contributed by atoms with Gasteiger partial charge in [0.25, 0.3) is 0 Å². The van der Waals surface area contributed by atoms with Crippen molar-refractivity contribution >= 4 is 29.3 Å². The fraction of sp³-hybridized carbons (Fsp3) is 0.208. The van der Waals surface area contributed by atoms with Crippen LogP contribution in [-0.2, 0) is 9.53 Å². The van der Waals surface area contributed by atoms with Gasteiger partial charge in [0, 0.05) is 17.6 Å². The standard InChI is InChI=1S/C24H24N6O4S/c1-4-34-23(32)21-13-14-29(28-21)18-7-5-17(6-8-18)25-22(31)15-35-24-27-26-16(2)30(24)19-9-11-20(33-3)12-10-19/h5-14H,4,15H2,1-3H3,(H,25,31). The van der Waals surface area contributed by atoms with Gasteiger partial charge >= 0.3 is 5.97 Å². The largest absolute Gasteiger partial charge is 0.497 e. The molecule has 2 aromatic carbocycles. The fourth-order valence-electron chi connectivity index (χ4n) is 3.27. The maximum absolute atomic E-state index is 12.5. The van der Waals surface area contributed by atoms with Crippen molar-refractivity contribution in [3.05, 3.63) is 72.3 Å². The van der Waals surface area contributed by atoms with E-state index in [9.17, 15) is 9.59 Å². The number of thioether (sulfide) groups is 1. The van der Waals surface area contributed by atoms with E-state index in [2.05, 4.69) is 20.6 Å². The number of esters is 1. The number of carbonyl (C=O) groups excluding carboxylic acids is 2. The van der Waals surface area contributed by atoms with Gasteiger partial charge in [0.2, 0.25) is 5.91 Å². The van der Waals surface area contributed by atoms with Crippen molar-refractivity contribution in [2.45, 2.75) is 19.0 Å². The molecule has 180 valence electrons. The zero-order chi connectivity index (χ0) is 24.8. The topological polar surface area (TPSA) is 113 Å². The molecule has 0 aliphatic rings. The molecule has 0 atom stereocenters. The molecule has 1 amide bonds. The Labute approximate surface area is 206 Å². The van der Waals surface area contributed by atoms with Crippen LogP contribution in [0.3, 0.4) is 0 Å². The number of benzene rings is 2. The van der Waals surface area contributed by atoms with Crippen LogP contribution < -0.4 is 10.1 Å². The van der Waals surface area contributed by atoms with Gasteiger partial charge in [-0.15, -0.1) is 10.2 Å². The average molecular weight is 493 g/mol. The molecule has 0 aliphatic heterocycles. The van der Waals surface area contributed by atoms with Gasteiger partial charge in [0.05, 0.1) is 25.2 Å². The lowest BCUT2D eigenvalue weighted by Gasteiger charge is -2.10. The molecule has 1 N–H and O–H groups in total. The number of carbonyl (C=O) groups is 2. The van der Waals surface area contributed by atoms with Gasteiger partial charge in [0.1, 0.15) is 11.6 Å². The molecule has 0 spiro atoms. The predicted octanol–water partition coefficient (Wildman–Crippen LogP) is 3.68. The molecule has 2 heterocycles. The molecule has 0 unspecified atom stereocenters. The monoisotopic (exact) mass is 492 g/mol. The first kappa shape index (κ1) is 24.0. The van der Waals surface area contributed by atoms with E-state index in [0.717, 1.165) is 22.9 Å². The summed E-state index contributed by atoms with van der Waals surface area (Å²) in [6.07, 6.45) is 1.68. The van der Waals surface area contributed by atoms with Gasteiger partial charge in [-0.25, -0.2) is 9.48 Å². The van der Waals surface area contributed by atoms with Crippen LogP contribution in [0.4, 0.5) is 5.69 Å². The Morgan fingerprint density at radius 3 is 2.40 bits per heavy atom. The van der Waals surface area contributed by atoms with Crippen LogP contribution in [-0.4, -0.2) is 55.9 Å². The molecule has 0 bridgehead atoms. The molecule has 0 saturated carbocycles. The number of aryl methyl sites for hydroxylation is 1. The Hall–Kier alpha value is -4.12. The molecule has 0 saturated heterocycles. The van der Waals surface area contributed by atoms with E-state index < -0.39 is 5.97 Å². The Morgan fingerprint density at radius 1 is 1.00 bits per heavy atom. The quantitative estimate of drug-likeness (QED) is 0.278. The number of hydrogen-bond acceptors (Lipinski definition) is 8. The molecule has 0 radical (unpaired) electrons. The minimum atomic E-state index is -0.467.